The molecule has 0 N–H and O–H groups in total. The summed E-state index contributed by atoms with van der Waals surface area (Å²) in [6.07, 6.45) is -0.0178. The van der Waals surface area contributed by atoms with Crippen molar-refractivity contribution in [1.29, 1.82) is 0 Å². The van der Waals surface area contributed by atoms with Crippen molar-refractivity contribution in [3.8, 4) is 0 Å². The molecule has 0 amide bonds. The lowest BCUT2D eigenvalue weighted by atomic mass is 9.72. The molecule has 130 valence electrons. The van der Waals surface area contributed by atoms with E-state index in [1.54, 1.807) is 19.2 Å². The molecule has 4 rings (SSSR count). The first kappa shape index (κ1) is 16.0. The van der Waals surface area contributed by atoms with Gasteiger partial charge in [0.15, 0.2) is 12.1 Å². The topological polar surface area (TPSA) is 63.2 Å². The molecule has 2 aliphatic heterocycles. The van der Waals surface area contributed by atoms with Gasteiger partial charge in [-0.1, -0.05) is 18.2 Å². The standard InChI is InChI=1S/C18H22O6/c1-17(2)22-13-14(23-17)18(24-16(13)20-3)10-9-12(18)21-15(19)11-7-5-4-6-8-11/h4-8,12-14,16H,9-10H2,1-3H3/t12-,13?,14+,16?,18-/m0/s1. The SMILES string of the molecule is COC1O[C@]2(CC[C@@H]2OC(=O)c2ccccc2)[C@@H]2OC(C)(C)OC12. The summed E-state index contributed by atoms with van der Waals surface area (Å²) in [4.78, 5) is 12.4. The fourth-order valence-electron chi connectivity index (χ4n) is 3.84. The van der Waals surface area contributed by atoms with Gasteiger partial charge in [-0.15, -0.1) is 0 Å². The monoisotopic (exact) mass is 334 g/mol. The predicted octanol–water partition coefficient (Wildman–Crippen LogP) is 2.27. The summed E-state index contributed by atoms with van der Waals surface area (Å²) in [5.74, 6) is -1.05. The Labute approximate surface area is 141 Å². The van der Waals surface area contributed by atoms with Gasteiger partial charge in [0, 0.05) is 7.11 Å². The number of fused-ring (bicyclic) bond motifs is 2. The Kier molecular flexibility index (Phi) is 3.69. The third-order valence-corrected chi connectivity index (χ3v) is 5.05. The Bertz CT molecular complexity index is 630. The Hall–Kier alpha value is -1.47. The largest absolute Gasteiger partial charge is 0.456 e. The highest BCUT2D eigenvalue weighted by atomic mass is 16.8. The van der Waals surface area contributed by atoms with Crippen molar-refractivity contribution in [2.45, 2.75) is 62.7 Å². The predicted molar refractivity (Wildman–Crippen MR) is 83.3 cm³/mol. The Morgan fingerprint density at radius 2 is 1.92 bits per heavy atom. The molecule has 3 aliphatic rings. The van der Waals surface area contributed by atoms with E-state index in [4.69, 9.17) is 23.7 Å². The van der Waals surface area contributed by atoms with Crippen LogP contribution in [0.1, 0.15) is 37.0 Å². The molecule has 1 aromatic carbocycles. The summed E-state index contributed by atoms with van der Waals surface area (Å²) in [5, 5.41) is 0. The summed E-state index contributed by atoms with van der Waals surface area (Å²) in [5.41, 5.74) is -0.162. The molecule has 2 heterocycles. The average Bonchev–Trinajstić information content (AvgIpc) is 3.04. The molecule has 0 radical (unpaired) electrons. The highest BCUT2D eigenvalue weighted by molar-refractivity contribution is 5.89. The molecular weight excluding hydrogens is 312 g/mol. The van der Waals surface area contributed by atoms with Gasteiger partial charge in [0.25, 0.3) is 0 Å². The molecule has 0 aromatic heterocycles. The molecule has 1 spiro atoms. The molecule has 1 aliphatic carbocycles. The fourth-order valence-corrected chi connectivity index (χ4v) is 3.84. The highest BCUT2D eigenvalue weighted by Gasteiger charge is 2.70. The first-order valence-electron chi connectivity index (χ1n) is 8.27. The van der Waals surface area contributed by atoms with Gasteiger partial charge in [0.05, 0.1) is 5.56 Å². The van der Waals surface area contributed by atoms with E-state index in [1.807, 2.05) is 32.0 Å². The number of esters is 1. The van der Waals surface area contributed by atoms with Crippen molar-refractivity contribution in [3.05, 3.63) is 35.9 Å². The van der Waals surface area contributed by atoms with Crippen LogP contribution in [0.25, 0.3) is 0 Å². The number of ether oxygens (including phenoxy) is 5. The maximum Gasteiger partial charge on any atom is 0.338 e. The number of methoxy groups -OCH3 is 1. The van der Waals surface area contributed by atoms with Crippen molar-refractivity contribution < 1.29 is 28.5 Å². The third-order valence-electron chi connectivity index (χ3n) is 5.05. The second kappa shape index (κ2) is 5.52. The van der Waals surface area contributed by atoms with Gasteiger partial charge in [-0.25, -0.2) is 4.79 Å². The zero-order valence-corrected chi connectivity index (χ0v) is 14.1. The van der Waals surface area contributed by atoms with E-state index in [9.17, 15) is 4.79 Å². The Morgan fingerprint density at radius 1 is 1.17 bits per heavy atom. The van der Waals surface area contributed by atoms with Crippen LogP contribution < -0.4 is 0 Å². The van der Waals surface area contributed by atoms with E-state index in [0.717, 1.165) is 12.8 Å². The van der Waals surface area contributed by atoms with Gasteiger partial charge >= 0.3 is 5.97 Å². The minimum absolute atomic E-state index is 0.306. The van der Waals surface area contributed by atoms with E-state index >= 15 is 0 Å². The molecule has 1 aromatic rings. The number of rotatable bonds is 3. The minimum Gasteiger partial charge on any atom is -0.456 e. The summed E-state index contributed by atoms with van der Waals surface area (Å²) in [7, 11) is 1.58. The van der Waals surface area contributed by atoms with E-state index < -0.39 is 17.7 Å². The van der Waals surface area contributed by atoms with Crippen LogP contribution in [0.4, 0.5) is 0 Å². The van der Waals surface area contributed by atoms with E-state index in [1.165, 1.54) is 0 Å². The number of carbonyl (C=O) groups is 1. The van der Waals surface area contributed by atoms with Crippen LogP contribution in [0, 0.1) is 0 Å². The highest BCUT2D eigenvalue weighted by Crippen LogP contribution is 2.54. The number of carbonyl (C=O) groups excluding carboxylic acids is 1. The van der Waals surface area contributed by atoms with Crippen LogP contribution in [0.3, 0.4) is 0 Å². The van der Waals surface area contributed by atoms with Crippen LogP contribution in [0.15, 0.2) is 30.3 Å². The van der Waals surface area contributed by atoms with Gasteiger partial charge in [0.2, 0.25) is 0 Å². The number of benzene rings is 1. The normalized spacial score (nSPS) is 39.5. The zero-order valence-electron chi connectivity index (χ0n) is 14.1. The zero-order chi connectivity index (χ0) is 16.9. The van der Waals surface area contributed by atoms with Crippen LogP contribution in [0.5, 0.6) is 0 Å². The minimum atomic E-state index is -0.702. The number of hydrogen-bond acceptors (Lipinski definition) is 6. The van der Waals surface area contributed by atoms with E-state index in [0.29, 0.717) is 5.56 Å². The molecular formula is C18H22O6. The lowest BCUT2D eigenvalue weighted by Gasteiger charge is -2.47. The quantitative estimate of drug-likeness (QED) is 0.790. The maximum absolute atomic E-state index is 12.4. The van der Waals surface area contributed by atoms with E-state index in [2.05, 4.69) is 0 Å². The molecule has 2 unspecified atom stereocenters. The van der Waals surface area contributed by atoms with Crippen LogP contribution in [-0.2, 0) is 23.7 Å². The van der Waals surface area contributed by atoms with Crippen molar-refractivity contribution >= 4 is 5.97 Å². The average molecular weight is 334 g/mol. The Balaban J connectivity index is 1.54. The van der Waals surface area contributed by atoms with Crippen LogP contribution >= 0.6 is 0 Å². The molecule has 24 heavy (non-hydrogen) atoms. The van der Waals surface area contributed by atoms with Crippen LogP contribution in [0.2, 0.25) is 0 Å². The molecule has 6 nitrogen and oxygen atoms in total. The third kappa shape index (κ3) is 2.37. The first-order chi connectivity index (χ1) is 11.5. The molecule has 5 atom stereocenters. The van der Waals surface area contributed by atoms with Gasteiger partial charge in [-0.3, -0.25) is 0 Å². The van der Waals surface area contributed by atoms with Gasteiger partial charge in [-0.05, 0) is 38.8 Å². The lowest BCUT2D eigenvalue weighted by Crippen LogP contribution is -2.61. The smallest absolute Gasteiger partial charge is 0.338 e. The molecule has 6 heteroatoms. The summed E-state index contributed by atoms with van der Waals surface area (Å²) in [6, 6.07) is 8.96. The first-order valence-corrected chi connectivity index (χ1v) is 8.27. The number of hydrogen-bond donors (Lipinski definition) is 0. The molecule has 0 bridgehead atoms. The van der Waals surface area contributed by atoms with Crippen molar-refractivity contribution in [2.24, 2.45) is 0 Å². The summed E-state index contributed by atoms with van der Waals surface area (Å²) < 4.78 is 29.2. The van der Waals surface area contributed by atoms with Gasteiger partial charge in [-0.2, -0.15) is 0 Å². The second-order valence-electron chi connectivity index (χ2n) is 7.00. The van der Waals surface area contributed by atoms with Crippen molar-refractivity contribution in [3.63, 3.8) is 0 Å². The van der Waals surface area contributed by atoms with Crippen LogP contribution in [-0.4, -0.2) is 49.1 Å². The van der Waals surface area contributed by atoms with E-state index in [-0.39, 0.29) is 24.3 Å². The van der Waals surface area contributed by atoms with Crippen molar-refractivity contribution in [2.75, 3.05) is 7.11 Å². The second-order valence-corrected chi connectivity index (χ2v) is 7.00. The molecule has 3 fully saturated rings. The van der Waals surface area contributed by atoms with Gasteiger partial charge in [0.1, 0.15) is 23.9 Å². The fraction of sp³-hybridized carbons (Fsp3) is 0.611. The maximum atomic E-state index is 12.4. The molecule has 1 saturated carbocycles. The lowest BCUT2D eigenvalue weighted by molar-refractivity contribution is -0.288. The van der Waals surface area contributed by atoms with Crippen molar-refractivity contribution in [1.82, 2.24) is 0 Å². The summed E-state index contributed by atoms with van der Waals surface area (Å²) >= 11 is 0. The summed E-state index contributed by atoms with van der Waals surface area (Å²) in [6.45, 7) is 3.74. The molecule has 2 saturated heterocycles. The Morgan fingerprint density at radius 3 is 2.54 bits per heavy atom. The van der Waals surface area contributed by atoms with Gasteiger partial charge < -0.3 is 23.7 Å².